The van der Waals surface area contributed by atoms with Crippen molar-refractivity contribution < 1.29 is 77.8 Å². The third-order valence-electron chi connectivity index (χ3n) is 16.4. The van der Waals surface area contributed by atoms with Crippen molar-refractivity contribution in [1.82, 2.24) is 9.80 Å². The number of carbonyl (C=O) groups excluding carboxylic acids is 2. The van der Waals surface area contributed by atoms with Crippen molar-refractivity contribution in [2.24, 2.45) is 35.5 Å². The number of carboxylic acid groups (broad SMARTS) is 1. The molecule has 4 aliphatic rings. The maximum absolute atomic E-state index is 14.0. The van der Waals surface area contributed by atoms with Gasteiger partial charge in [0.25, 0.3) is 0 Å². The number of esters is 1. The van der Waals surface area contributed by atoms with Crippen LogP contribution >= 0.6 is 0 Å². The number of benzene rings is 2. The van der Waals surface area contributed by atoms with Crippen molar-refractivity contribution in [2.45, 2.75) is 180 Å². The number of rotatable bonds is 15. The van der Waals surface area contributed by atoms with Crippen LogP contribution in [0.3, 0.4) is 0 Å². The highest BCUT2D eigenvalue weighted by molar-refractivity contribution is 5.91. The number of carboxylic acids is 1. The van der Waals surface area contributed by atoms with Gasteiger partial charge in [0.2, 0.25) is 0 Å². The number of fused-ring (bicyclic) bond motifs is 1. The van der Waals surface area contributed by atoms with E-state index in [0.717, 1.165) is 47.3 Å². The van der Waals surface area contributed by atoms with Gasteiger partial charge in [-0.05, 0) is 126 Å². The molecule has 5 N–H and O–H groups in total. The Kier molecular flexibility index (Phi) is 25.2. The zero-order valence-corrected chi connectivity index (χ0v) is 48.7. The zero-order valence-electron chi connectivity index (χ0n) is 48.7. The van der Waals surface area contributed by atoms with E-state index < -0.39 is 115 Å². The minimum atomic E-state index is -1.23. The van der Waals surface area contributed by atoms with Crippen molar-refractivity contribution in [3.05, 3.63) is 65.8 Å². The van der Waals surface area contributed by atoms with Gasteiger partial charge < -0.3 is 73.2 Å². The largest absolute Gasteiger partial charge is 0.497 e. The number of likely N-dealkylation sites (tertiary alicyclic amines) is 1. The van der Waals surface area contributed by atoms with Gasteiger partial charge in [-0.15, -0.1) is 0 Å². The van der Waals surface area contributed by atoms with E-state index in [1.54, 1.807) is 59.0 Å². The SMILES string of the molecule is CC[C@H]1OC(=O)C[C@@H](O)[C@H](C)[C@@H](O[C@@H]2O[C@H](C)[C@@H](O)[C@H](N(C)C)[C@H]2O)[C@@H](CCN2C[C@H](C)C[C@H](C)C2)C[C@@H](C)C(=O)/C=C/C(C)=C/[C@@H]1CO[C@@H]1O[C@H](C)[C@@H](O)[C@@H](OC)[C@H]1OC.COc1ccc2cc([C@H](C)C(=O)O)ccc2c1. The number of carbonyl (C=O) groups is 3. The molecule has 4 aliphatic heterocycles. The Labute approximate surface area is 463 Å². The Bertz CT molecular complexity index is 2270. The average Bonchev–Trinajstić information content (AvgIpc) is 3.40. The summed E-state index contributed by atoms with van der Waals surface area (Å²) >= 11 is 0. The highest BCUT2D eigenvalue weighted by atomic mass is 16.7. The predicted molar refractivity (Wildman–Crippen MR) is 296 cm³/mol. The number of hydrogen-bond donors (Lipinski definition) is 5. The van der Waals surface area contributed by atoms with E-state index in [1.165, 1.54) is 20.6 Å². The van der Waals surface area contributed by atoms with Crippen LogP contribution in [-0.2, 0) is 47.5 Å². The van der Waals surface area contributed by atoms with E-state index >= 15 is 0 Å². The molecule has 0 amide bonds. The van der Waals surface area contributed by atoms with Crippen molar-refractivity contribution >= 4 is 28.5 Å². The van der Waals surface area contributed by atoms with Gasteiger partial charge >= 0.3 is 11.9 Å². The zero-order chi connectivity index (χ0) is 57.7. The molecule has 78 heavy (non-hydrogen) atoms. The molecule has 2 aromatic rings. The smallest absolute Gasteiger partial charge is 0.310 e. The third-order valence-corrected chi connectivity index (χ3v) is 16.4. The minimum Gasteiger partial charge on any atom is -0.497 e. The van der Waals surface area contributed by atoms with Gasteiger partial charge in [-0.3, -0.25) is 14.4 Å². The van der Waals surface area contributed by atoms with Gasteiger partial charge in [-0.25, -0.2) is 0 Å². The van der Waals surface area contributed by atoms with Crippen LogP contribution in [0, 0.1) is 35.5 Å². The van der Waals surface area contributed by atoms with E-state index in [1.807, 2.05) is 70.2 Å². The first kappa shape index (κ1) is 64.9. The fourth-order valence-corrected chi connectivity index (χ4v) is 11.8. The highest BCUT2D eigenvalue weighted by Gasteiger charge is 2.48. The van der Waals surface area contributed by atoms with E-state index in [2.05, 4.69) is 18.7 Å². The Hall–Kier alpha value is -3.89. The van der Waals surface area contributed by atoms with Gasteiger partial charge in [0, 0.05) is 45.1 Å². The molecule has 0 saturated carbocycles. The molecule has 18 heteroatoms. The van der Waals surface area contributed by atoms with Crippen LogP contribution in [0.25, 0.3) is 10.8 Å². The Morgan fingerprint density at radius 3 is 2.05 bits per heavy atom. The summed E-state index contributed by atoms with van der Waals surface area (Å²) in [6, 6.07) is 10.7. The first-order valence-corrected chi connectivity index (χ1v) is 28.1. The number of aliphatic hydroxyl groups is 4. The average molecular weight is 1100 g/mol. The second kappa shape index (κ2) is 30.2. The summed E-state index contributed by atoms with van der Waals surface area (Å²) in [6.45, 7) is 19.9. The first-order valence-electron chi connectivity index (χ1n) is 28.1. The molecule has 0 aromatic heterocycles. The van der Waals surface area contributed by atoms with Crippen LogP contribution in [-0.4, -0.2) is 194 Å². The number of cyclic esters (lactones) is 1. The Balaban J connectivity index is 0.000000555. The van der Waals surface area contributed by atoms with E-state index in [4.69, 9.17) is 43.0 Å². The van der Waals surface area contributed by atoms with Crippen LogP contribution in [0.15, 0.2) is 60.2 Å². The van der Waals surface area contributed by atoms with Gasteiger partial charge in [0.15, 0.2) is 18.4 Å². The highest BCUT2D eigenvalue weighted by Crippen LogP contribution is 2.36. The van der Waals surface area contributed by atoms with Crippen molar-refractivity contribution in [3.63, 3.8) is 0 Å². The lowest BCUT2D eigenvalue weighted by Crippen LogP contribution is -2.63. The number of allylic oxidation sites excluding steroid dienone is 3. The molecule has 0 bridgehead atoms. The molecule has 0 aliphatic carbocycles. The third kappa shape index (κ3) is 17.3. The number of nitrogens with zero attached hydrogens (tertiary/aromatic N) is 2. The van der Waals surface area contributed by atoms with Gasteiger partial charge in [0.1, 0.15) is 36.3 Å². The molecule has 0 radical (unpaired) electrons. The number of ether oxygens (including phenoxy) is 8. The Morgan fingerprint density at radius 2 is 1.44 bits per heavy atom. The van der Waals surface area contributed by atoms with Crippen LogP contribution in [0.1, 0.15) is 106 Å². The molecular formula is C60H94N2O16. The maximum Gasteiger partial charge on any atom is 0.310 e. The predicted octanol–water partition coefficient (Wildman–Crippen LogP) is 6.38. The van der Waals surface area contributed by atoms with E-state index in [0.29, 0.717) is 31.1 Å². The van der Waals surface area contributed by atoms with Crippen molar-refractivity contribution in [2.75, 3.05) is 61.7 Å². The molecule has 3 fully saturated rings. The number of aliphatic carboxylic acids is 1. The summed E-state index contributed by atoms with van der Waals surface area (Å²) in [5.41, 5.74) is 1.58. The Morgan fingerprint density at radius 1 is 0.808 bits per heavy atom. The number of methoxy groups -OCH3 is 3. The molecule has 0 spiro atoms. The van der Waals surface area contributed by atoms with Crippen LogP contribution in [0.5, 0.6) is 5.75 Å². The second-order valence-electron chi connectivity index (χ2n) is 23.0. The summed E-state index contributed by atoms with van der Waals surface area (Å²) in [7, 11) is 8.16. The topological polar surface area (TPSA) is 233 Å². The van der Waals surface area contributed by atoms with Crippen molar-refractivity contribution in [1.29, 1.82) is 0 Å². The van der Waals surface area contributed by atoms with Crippen molar-refractivity contribution in [3.8, 4) is 5.75 Å². The van der Waals surface area contributed by atoms with Crippen LogP contribution in [0.4, 0.5) is 0 Å². The number of aliphatic hydroxyl groups excluding tert-OH is 4. The summed E-state index contributed by atoms with van der Waals surface area (Å²) < 4.78 is 47.8. The first-order chi connectivity index (χ1) is 36.9. The number of likely N-dealkylation sites (N-methyl/N-ethyl adjacent to an activating group) is 1. The van der Waals surface area contributed by atoms with E-state index in [9.17, 15) is 34.8 Å². The lowest BCUT2D eigenvalue weighted by molar-refractivity contribution is -0.304. The minimum absolute atomic E-state index is 0.0427. The quantitative estimate of drug-likeness (QED) is 0.122. The lowest BCUT2D eigenvalue weighted by atomic mass is 9.79. The summed E-state index contributed by atoms with van der Waals surface area (Å²) in [5, 5.41) is 56.3. The summed E-state index contributed by atoms with van der Waals surface area (Å²) in [5.74, 6) is -1.95. The van der Waals surface area contributed by atoms with E-state index in [-0.39, 0.29) is 24.7 Å². The number of hydrogen-bond acceptors (Lipinski definition) is 17. The molecule has 2 aromatic carbocycles. The molecule has 6 rings (SSSR count). The van der Waals surface area contributed by atoms with Gasteiger partial charge in [0.05, 0.1) is 62.6 Å². The normalized spacial score (nSPS) is 37.4. The molecule has 20 atom stereocenters. The lowest BCUT2D eigenvalue weighted by Gasteiger charge is -2.47. The monoisotopic (exact) mass is 1100 g/mol. The molecule has 440 valence electrons. The summed E-state index contributed by atoms with van der Waals surface area (Å²) in [4.78, 5) is 43.0. The molecule has 0 unspecified atom stereocenters. The molecule has 18 nitrogen and oxygen atoms in total. The fraction of sp³-hybridized carbons (Fsp3) is 0.717. The molecular weight excluding hydrogens is 1000 g/mol. The maximum atomic E-state index is 14.0. The van der Waals surface area contributed by atoms with Gasteiger partial charge in [-0.2, -0.15) is 0 Å². The number of ketones is 1. The second-order valence-corrected chi connectivity index (χ2v) is 23.0. The summed E-state index contributed by atoms with van der Waals surface area (Å²) in [6.07, 6.45) is -2.96. The number of piperidine rings is 1. The fourth-order valence-electron chi connectivity index (χ4n) is 11.8. The van der Waals surface area contributed by atoms with Crippen LogP contribution < -0.4 is 4.74 Å². The molecule has 3 saturated heterocycles. The molecule has 4 heterocycles. The van der Waals surface area contributed by atoms with Crippen LogP contribution in [0.2, 0.25) is 0 Å². The standard InChI is InChI=1S/C46H80N2O13.C14H14O3/c1-13-36-33(24-57-46-44(56-12)43(55-11)40(53)31(8)59-46)19-25(2)14-15-34(49)28(5)20-32(16-17-48-22-26(3)18-27(4)23-48)42(29(6)35(50)21-37(51)60-36)61-45-41(54)38(47(9)10)39(52)30(7)58-45;1-9(14(15)16)10-3-4-12-8-13(17-2)6-5-11(12)7-10/h14-15,19,26-33,35-36,38-46,50,52-54H,13,16-18,20-24H2,1-12H3;3-9H,1-2H3,(H,15,16)/b15-14+,25-19+;/t26-,27+,28-,29+,30-,31-,32+,33-,35-,36-,38+,39-,40-,41-,42-,43-,44-,45+,46-;9-/m10/s1. The van der Waals surface area contributed by atoms with Gasteiger partial charge in [-0.1, -0.05) is 76.6 Å².